The molecule has 0 saturated heterocycles. The third-order valence-electron chi connectivity index (χ3n) is 16.0. The smallest absolute Gasteiger partial charge is 0.104 e. The standard InChI is InChI=1S/C72H44N6/c73-45-57-69(75-60-35-15-7-27-49(60)50-28-8-16-36-61(50)75)68(48-43-58(46-23-3-1-4-24-46)74-59(44-48)47-25-5-2-6-26-47)71(77-64-39-19-11-31-53(64)54-32-12-20-40-65(54)77)72(78-66-41-21-13-33-55(66)56-34-14-22-42-67(56)78)70(57)76-62-37-17-9-29-51(62)52-30-10-18-38-63(52)76/h1-44H. The van der Waals surface area contributed by atoms with E-state index in [9.17, 15) is 5.26 Å². The second-order valence-electron chi connectivity index (χ2n) is 20.1. The quantitative estimate of drug-likeness (QED) is 0.160. The van der Waals surface area contributed by atoms with E-state index in [1.54, 1.807) is 0 Å². The maximum absolute atomic E-state index is 12.9. The van der Waals surface area contributed by atoms with E-state index in [4.69, 9.17) is 4.98 Å². The minimum Gasteiger partial charge on any atom is -0.307 e. The van der Waals surface area contributed by atoms with Crippen molar-refractivity contribution in [3.63, 3.8) is 0 Å². The van der Waals surface area contributed by atoms with E-state index in [2.05, 4.69) is 291 Å². The number of pyridine rings is 1. The van der Waals surface area contributed by atoms with E-state index >= 15 is 0 Å². The molecule has 0 unspecified atom stereocenters. The summed E-state index contributed by atoms with van der Waals surface area (Å²) in [6.07, 6.45) is 0. The molecule has 5 aromatic heterocycles. The molecule has 6 heteroatoms. The van der Waals surface area contributed by atoms with Crippen LogP contribution in [0.4, 0.5) is 0 Å². The fourth-order valence-electron chi connectivity index (χ4n) is 12.8. The summed E-state index contributed by atoms with van der Waals surface area (Å²) in [5.41, 5.74) is 17.3. The van der Waals surface area contributed by atoms with Crippen molar-refractivity contribution in [1.29, 1.82) is 5.26 Å². The molecule has 78 heavy (non-hydrogen) atoms. The number of nitrogens with zero attached hydrogens (tertiary/aromatic N) is 6. The van der Waals surface area contributed by atoms with Gasteiger partial charge in [-0.1, -0.05) is 206 Å². The molecule has 362 valence electrons. The number of nitriles is 1. The van der Waals surface area contributed by atoms with Gasteiger partial charge < -0.3 is 18.3 Å². The van der Waals surface area contributed by atoms with Crippen LogP contribution in [0.5, 0.6) is 0 Å². The molecule has 16 aromatic rings. The monoisotopic (exact) mass is 992 g/mol. The van der Waals surface area contributed by atoms with E-state index in [1.165, 1.54) is 0 Å². The summed E-state index contributed by atoms with van der Waals surface area (Å²) < 4.78 is 9.73. The molecular weight excluding hydrogens is 949 g/mol. The Morgan fingerprint density at radius 1 is 0.256 bits per heavy atom. The average Bonchev–Trinajstić information content (AvgIpc) is 4.34. The fourth-order valence-corrected chi connectivity index (χ4v) is 12.8. The number of aromatic nitrogens is 5. The first-order valence-electron chi connectivity index (χ1n) is 26.4. The first-order chi connectivity index (χ1) is 38.7. The van der Waals surface area contributed by atoms with Crippen LogP contribution in [-0.4, -0.2) is 23.3 Å². The van der Waals surface area contributed by atoms with Gasteiger partial charge in [0.05, 0.1) is 78.3 Å². The van der Waals surface area contributed by atoms with E-state index in [-0.39, 0.29) is 0 Å². The highest BCUT2D eigenvalue weighted by atomic mass is 15.1. The van der Waals surface area contributed by atoms with Gasteiger partial charge in [-0.05, 0) is 66.2 Å². The molecule has 11 aromatic carbocycles. The van der Waals surface area contributed by atoms with Crippen LogP contribution in [0.2, 0.25) is 0 Å². The Balaban J connectivity index is 1.27. The van der Waals surface area contributed by atoms with E-state index in [1.807, 2.05) is 0 Å². The number of benzene rings is 11. The third kappa shape index (κ3) is 6.27. The highest BCUT2D eigenvalue weighted by Gasteiger charge is 2.35. The summed E-state index contributed by atoms with van der Waals surface area (Å²) in [6, 6.07) is 98.2. The first kappa shape index (κ1) is 43.6. The molecule has 0 aliphatic rings. The van der Waals surface area contributed by atoms with Crippen LogP contribution < -0.4 is 0 Å². The Labute approximate surface area is 448 Å². The number of hydrogen-bond acceptors (Lipinski definition) is 2. The van der Waals surface area contributed by atoms with Crippen molar-refractivity contribution in [2.45, 2.75) is 0 Å². The van der Waals surface area contributed by atoms with Crippen LogP contribution in [0.1, 0.15) is 5.56 Å². The van der Waals surface area contributed by atoms with Gasteiger partial charge in [0.25, 0.3) is 0 Å². The van der Waals surface area contributed by atoms with Gasteiger partial charge in [0.15, 0.2) is 0 Å². The Morgan fingerprint density at radius 2 is 0.513 bits per heavy atom. The molecule has 0 N–H and O–H groups in total. The molecule has 0 fully saturated rings. The van der Waals surface area contributed by atoms with Crippen LogP contribution in [-0.2, 0) is 0 Å². The summed E-state index contributed by atoms with van der Waals surface area (Å²) in [7, 11) is 0. The largest absolute Gasteiger partial charge is 0.307 e. The minimum atomic E-state index is 0.517. The summed E-state index contributed by atoms with van der Waals surface area (Å²) in [5.74, 6) is 0. The topological polar surface area (TPSA) is 56.4 Å². The van der Waals surface area contributed by atoms with Gasteiger partial charge in [-0.25, -0.2) is 4.98 Å². The van der Waals surface area contributed by atoms with Gasteiger partial charge in [-0.2, -0.15) is 5.26 Å². The van der Waals surface area contributed by atoms with Crippen LogP contribution in [0.25, 0.3) is 144 Å². The van der Waals surface area contributed by atoms with Gasteiger partial charge in [0.1, 0.15) is 11.6 Å². The number of hydrogen-bond donors (Lipinski definition) is 0. The summed E-state index contributed by atoms with van der Waals surface area (Å²) in [5, 5.41) is 21.8. The lowest BCUT2D eigenvalue weighted by atomic mass is 9.91. The van der Waals surface area contributed by atoms with Crippen LogP contribution >= 0.6 is 0 Å². The first-order valence-corrected chi connectivity index (χ1v) is 26.4. The van der Waals surface area contributed by atoms with Crippen molar-refractivity contribution in [3.05, 3.63) is 272 Å². The Kier molecular flexibility index (Phi) is 9.60. The number of fused-ring (bicyclic) bond motifs is 12. The molecule has 0 bridgehead atoms. The van der Waals surface area contributed by atoms with Gasteiger partial charge in [-0.15, -0.1) is 0 Å². The minimum absolute atomic E-state index is 0.517. The SMILES string of the molecule is N#Cc1c(-n2c3ccccc3c3ccccc32)c(-c2cc(-c3ccccc3)nc(-c3ccccc3)c2)c(-n2c3ccccc3c3ccccc32)c(-n2c3ccccc3c3ccccc32)c1-n1c2ccccc2c2ccccc21. The summed E-state index contributed by atoms with van der Waals surface area (Å²) in [6.45, 7) is 0. The molecule has 0 aliphatic carbocycles. The van der Waals surface area contributed by atoms with Crippen LogP contribution in [0, 0.1) is 11.3 Å². The molecule has 5 heterocycles. The number of para-hydroxylation sites is 8. The van der Waals surface area contributed by atoms with E-state index < -0.39 is 0 Å². The molecular formula is C72H44N6. The molecule has 0 spiro atoms. The van der Waals surface area contributed by atoms with Crippen molar-refractivity contribution < 1.29 is 0 Å². The normalized spacial score (nSPS) is 11.8. The molecule has 0 atom stereocenters. The predicted molar refractivity (Wildman–Crippen MR) is 323 cm³/mol. The van der Waals surface area contributed by atoms with Crippen LogP contribution in [0.3, 0.4) is 0 Å². The summed E-state index contributed by atoms with van der Waals surface area (Å²) in [4.78, 5) is 5.52. The zero-order valence-corrected chi connectivity index (χ0v) is 42.1. The second-order valence-corrected chi connectivity index (χ2v) is 20.1. The zero-order chi connectivity index (χ0) is 51.4. The highest BCUT2D eigenvalue weighted by molar-refractivity contribution is 6.17. The Bertz CT molecular complexity index is 4890. The van der Waals surface area contributed by atoms with Gasteiger partial charge in [0.2, 0.25) is 0 Å². The molecule has 0 aliphatic heterocycles. The van der Waals surface area contributed by atoms with Crippen molar-refractivity contribution in [2.24, 2.45) is 0 Å². The van der Waals surface area contributed by atoms with Crippen molar-refractivity contribution in [2.75, 3.05) is 0 Å². The van der Waals surface area contributed by atoms with Crippen molar-refractivity contribution in [3.8, 4) is 62.5 Å². The maximum atomic E-state index is 12.9. The van der Waals surface area contributed by atoms with Gasteiger partial charge in [-0.3, -0.25) is 0 Å². The van der Waals surface area contributed by atoms with Gasteiger partial charge >= 0.3 is 0 Å². The molecule has 0 saturated carbocycles. The molecule has 16 rings (SSSR count). The molecule has 0 amide bonds. The maximum Gasteiger partial charge on any atom is 0.104 e. The average molecular weight is 993 g/mol. The lowest BCUT2D eigenvalue weighted by molar-refractivity contribution is 1.03. The molecule has 6 nitrogen and oxygen atoms in total. The highest BCUT2D eigenvalue weighted by Crippen LogP contribution is 2.52. The lowest BCUT2D eigenvalue weighted by Gasteiger charge is -2.29. The Hall–Kier alpha value is -10.7. The fraction of sp³-hybridized carbons (Fsp3) is 0. The molecule has 0 radical (unpaired) electrons. The van der Waals surface area contributed by atoms with Gasteiger partial charge in [0, 0.05) is 59.8 Å². The second kappa shape index (κ2) is 17.2. The predicted octanol–water partition coefficient (Wildman–Crippen LogP) is 18.3. The zero-order valence-electron chi connectivity index (χ0n) is 42.1. The van der Waals surface area contributed by atoms with E-state index in [0.717, 1.165) is 144 Å². The van der Waals surface area contributed by atoms with Crippen molar-refractivity contribution >= 4 is 87.2 Å². The Morgan fingerprint density at radius 3 is 0.821 bits per heavy atom. The summed E-state index contributed by atoms with van der Waals surface area (Å²) >= 11 is 0. The number of rotatable bonds is 7. The third-order valence-corrected chi connectivity index (χ3v) is 16.0. The van der Waals surface area contributed by atoms with Crippen LogP contribution in [0.15, 0.2) is 267 Å². The van der Waals surface area contributed by atoms with Crippen molar-refractivity contribution in [1.82, 2.24) is 23.3 Å². The van der Waals surface area contributed by atoms with E-state index in [0.29, 0.717) is 5.56 Å². The lowest BCUT2D eigenvalue weighted by Crippen LogP contribution is -2.16.